The molecule has 4 nitrogen and oxygen atoms in total. The number of aliphatic hydroxyl groups excluding tert-OH is 1. The average molecular weight is 303 g/mol. The molecular weight excluding hydrogens is 278 g/mol. The van der Waals surface area contributed by atoms with Crippen LogP contribution >= 0.6 is 0 Å². The molecule has 0 aliphatic rings. The molecule has 0 saturated heterocycles. The van der Waals surface area contributed by atoms with Gasteiger partial charge in [-0.05, 0) is 44.9 Å². The third-order valence-corrected chi connectivity index (χ3v) is 4.01. The van der Waals surface area contributed by atoms with E-state index in [9.17, 15) is 10.2 Å². The predicted molar refractivity (Wildman–Crippen MR) is 86.5 cm³/mol. The summed E-state index contributed by atoms with van der Waals surface area (Å²) in [6, 6.07) is 9.77. The maximum Gasteiger partial charge on any atom is 0.107 e. The molecule has 3 N–H and O–H groups in total. The molecule has 1 heterocycles. The van der Waals surface area contributed by atoms with E-state index in [0.717, 1.165) is 28.2 Å². The van der Waals surface area contributed by atoms with Crippen LogP contribution < -0.4 is 5.32 Å². The quantitative estimate of drug-likeness (QED) is 0.767. The molecule has 0 radical (unpaired) electrons. The van der Waals surface area contributed by atoms with Gasteiger partial charge in [-0.1, -0.05) is 24.3 Å². The van der Waals surface area contributed by atoms with Crippen molar-refractivity contribution in [2.75, 3.05) is 6.54 Å². The summed E-state index contributed by atoms with van der Waals surface area (Å²) in [6.07, 6.45) is 0. The second kappa shape index (κ2) is 6.65. The highest BCUT2D eigenvalue weighted by atomic mass is 16.3. The van der Waals surface area contributed by atoms with E-state index in [1.807, 2.05) is 51.1 Å². The van der Waals surface area contributed by atoms with Crippen molar-refractivity contribution in [2.45, 2.75) is 45.9 Å². The van der Waals surface area contributed by atoms with E-state index >= 15 is 0 Å². The Labute approximate surface area is 131 Å². The first-order valence-electron chi connectivity index (χ1n) is 7.56. The highest BCUT2D eigenvalue weighted by Gasteiger charge is 2.28. The van der Waals surface area contributed by atoms with Crippen LogP contribution in [-0.4, -0.2) is 16.8 Å². The number of aliphatic hydroxyl groups is 2. The van der Waals surface area contributed by atoms with Gasteiger partial charge in [0.1, 0.15) is 17.1 Å². The Balaban J connectivity index is 2.06. The Morgan fingerprint density at radius 1 is 1.27 bits per heavy atom. The monoisotopic (exact) mass is 303 g/mol. The molecule has 2 unspecified atom stereocenters. The normalized spacial score (nSPS) is 15.5. The summed E-state index contributed by atoms with van der Waals surface area (Å²) in [5.41, 5.74) is 1.79. The number of aryl methyl sites for hydroxylation is 2. The van der Waals surface area contributed by atoms with E-state index in [1.165, 1.54) is 0 Å². The van der Waals surface area contributed by atoms with Gasteiger partial charge in [0, 0.05) is 18.2 Å². The fourth-order valence-corrected chi connectivity index (χ4v) is 2.69. The van der Waals surface area contributed by atoms with Crippen molar-refractivity contribution in [3.05, 3.63) is 58.5 Å². The summed E-state index contributed by atoms with van der Waals surface area (Å²) in [4.78, 5) is 0. The standard InChI is InChI=1S/C18H25NO3/c1-12-8-17(14(3)22-12)18(4,21)11-19-13(2)16-7-5-6-15(9-16)10-20/h5-9,13,19-21H,10-11H2,1-4H3. The highest BCUT2D eigenvalue weighted by Crippen LogP contribution is 2.27. The van der Waals surface area contributed by atoms with Gasteiger partial charge in [0.15, 0.2) is 0 Å². The molecular formula is C18H25NO3. The second-order valence-corrected chi connectivity index (χ2v) is 6.11. The summed E-state index contributed by atoms with van der Waals surface area (Å²) in [5, 5.41) is 23.3. The zero-order chi connectivity index (χ0) is 16.3. The highest BCUT2D eigenvalue weighted by molar-refractivity contribution is 5.28. The molecule has 0 aliphatic heterocycles. The topological polar surface area (TPSA) is 65.6 Å². The van der Waals surface area contributed by atoms with Gasteiger partial charge in [0.25, 0.3) is 0 Å². The van der Waals surface area contributed by atoms with Crippen LogP contribution in [0.4, 0.5) is 0 Å². The summed E-state index contributed by atoms with van der Waals surface area (Å²) in [6.45, 7) is 8.02. The Morgan fingerprint density at radius 2 is 2.00 bits per heavy atom. The zero-order valence-corrected chi connectivity index (χ0v) is 13.7. The molecule has 0 amide bonds. The number of benzene rings is 1. The van der Waals surface area contributed by atoms with E-state index in [-0.39, 0.29) is 12.6 Å². The Hall–Kier alpha value is -1.62. The van der Waals surface area contributed by atoms with E-state index < -0.39 is 5.60 Å². The van der Waals surface area contributed by atoms with Crippen molar-refractivity contribution < 1.29 is 14.6 Å². The van der Waals surface area contributed by atoms with Crippen LogP contribution in [0.1, 0.15) is 48.1 Å². The molecule has 0 spiro atoms. The Kier molecular flexibility index (Phi) is 5.06. The van der Waals surface area contributed by atoms with Crippen molar-refractivity contribution in [3.8, 4) is 0 Å². The van der Waals surface area contributed by atoms with Crippen molar-refractivity contribution in [3.63, 3.8) is 0 Å². The maximum atomic E-state index is 10.7. The molecule has 0 fully saturated rings. The lowest BCUT2D eigenvalue weighted by Crippen LogP contribution is -2.36. The molecule has 120 valence electrons. The molecule has 0 aliphatic carbocycles. The minimum absolute atomic E-state index is 0.0335. The molecule has 2 rings (SSSR count). The second-order valence-electron chi connectivity index (χ2n) is 6.11. The Morgan fingerprint density at radius 3 is 2.59 bits per heavy atom. The number of nitrogens with one attached hydrogen (secondary N) is 1. The molecule has 1 aromatic heterocycles. The molecule has 4 heteroatoms. The van der Waals surface area contributed by atoms with Crippen molar-refractivity contribution in [1.29, 1.82) is 0 Å². The molecule has 2 atom stereocenters. The van der Waals surface area contributed by atoms with Gasteiger partial charge in [-0.2, -0.15) is 0 Å². The third kappa shape index (κ3) is 3.77. The fourth-order valence-electron chi connectivity index (χ4n) is 2.69. The number of hydrogen-bond donors (Lipinski definition) is 3. The Bertz CT molecular complexity index is 631. The number of rotatable bonds is 6. The summed E-state index contributed by atoms with van der Waals surface area (Å²) in [7, 11) is 0. The van der Waals surface area contributed by atoms with Crippen LogP contribution in [0, 0.1) is 13.8 Å². The van der Waals surface area contributed by atoms with Gasteiger partial charge in [-0.3, -0.25) is 0 Å². The van der Waals surface area contributed by atoms with E-state index in [0.29, 0.717) is 6.54 Å². The van der Waals surface area contributed by atoms with Crippen molar-refractivity contribution in [1.82, 2.24) is 5.32 Å². The summed E-state index contributed by atoms with van der Waals surface area (Å²) in [5.74, 6) is 1.55. The van der Waals surface area contributed by atoms with Crippen LogP contribution in [0.15, 0.2) is 34.7 Å². The maximum absolute atomic E-state index is 10.7. The summed E-state index contributed by atoms with van der Waals surface area (Å²) >= 11 is 0. The molecule has 1 aromatic carbocycles. The zero-order valence-electron chi connectivity index (χ0n) is 13.7. The lowest BCUT2D eigenvalue weighted by atomic mass is 9.95. The van der Waals surface area contributed by atoms with E-state index in [4.69, 9.17) is 4.42 Å². The van der Waals surface area contributed by atoms with Crippen molar-refractivity contribution in [2.24, 2.45) is 0 Å². The van der Waals surface area contributed by atoms with Gasteiger partial charge in [-0.15, -0.1) is 0 Å². The molecule has 2 aromatic rings. The SMILES string of the molecule is Cc1cc(C(C)(O)CNC(C)c2cccc(CO)c2)c(C)o1. The van der Waals surface area contributed by atoms with Gasteiger partial charge in [0.2, 0.25) is 0 Å². The van der Waals surface area contributed by atoms with Gasteiger partial charge >= 0.3 is 0 Å². The average Bonchev–Trinajstić information content (AvgIpc) is 2.84. The first-order valence-corrected chi connectivity index (χ1v) is 7.56. The van der Waals surface area contributed by atoms with E-state index in [2.05, 4.69) is 5.32 Å². The van der Waals surface area contributed by atoms with Crippen LogP contribution in [0.3, 0.4) is 0 Å². The van der Waals surface area contributed by atoms with Crippen LogP contribution in [0.2, 0.25) is 0 Å². The smallest absolute Gasteiger partial charge is 0.107 e. The fraction of sp³-hybridized carbons (Fsp3) is 0.444. The predicted octanol–water partition coefficient (Wildman–Crippen LogP) is 2.95. The first-order chi connectivity index (χ1) is 10.3. The first kappa shape index (κ1) is 16.7. The number of hydrogen-bond acceptors (Lipinski definition) is 4. The van der Waals surface area contributed by atoms with Crippen LogP contribution in [0.5, 0.6) is 0 Å². The minimum atomic E-state index is -0.995. The van der Waals surface area contributed by atoms with Gasteiger partial charge in [0.05, 0.1) is 6.61 Å². The van der Waals surface area contributed by atoms with Crippen LogP contribution in [0.25, 0.3) is 0 Å². The minimum Gasteiger partial charge on any atom is -0.466 e. The lowest BCUT2D eigenvalue weighted by Gasteiger charge is -2.26. The lowest BCUT2D eigenvalue weighted by molar-refractivity contribution is 0.0529. The molecule has 0 bridgehead atoms. The van der Waals surface area contributed by atoms with Gasteiger partial charge < -0.3 is 19.9 Å². The van der Waals surface area contributed by atoms with Gasteiger partial charge in [-0.25, -0.2) is 0 Å². The van der Waals surface area contributed by atoms with Crippen molar-refractivity contribution >= 4 is 0 Å². The van der Waals surface area contributed by atoms with Crippen LogP contribution in [-0.2, 0) is 12.2 Å². The third-order valence-electron chi connectivity index (χ3n) is 4.01. The van der Waals surface area contributed by atoms with E-state index in [1.54, 1.807) is 6.92 Å². The molecule has 0 saturated carbocycles. The largest absolute Gasteiger partial charge is 0.466 e. The number of furan rings is 1. The molecule has 22 heavy (non-hydrogen) atoms. The summed E-state index contributed by atoms with van der Waals surface area (Å²) < 4.78 is 5.51.